The van der Waals surface area contributed by atoms with Crippen molar-refractivity contribution in [3.8, 4) is 11.5 Å². The molecule has 0 bridgehead atoms. The fourth-order valence-corrected chi connectivity index (χ4v) is 4.24. The summed E-state index contributed by atoms with van der Waals surface area (Å²) in [5.74, 6) is -0.0746. The Hall–Kier alpha value is -2.52. The van der Waals surface area contributed by atoms with E-state index < -0.39 is 16.1 Å². The number of fused-ring (bicyclic) bond motifs is 1. The number of thioether (sulfide) groups is 1. The predicted molar refractivity (Wildman–Crippen MR) is 93.3 cm³/mol. The highest BCUT2D eigenvalue weighted by atomic mass is 35.5. The van der Waals surface area contributed by atoms with Crippen LogP contribution in [0.1, 0.15) is 10.9 Å². The van der Waals surface area contributed by atoms with Gasteiger partial charge in [0.05, 0.1) is 27.3 Å². The fraction of sp³-hybridized carbons (Fsp3) is 0.188. The van der Waals surface area contributed by atoms with Gasteiger partial charge in [-0.3, -0.25) is 19.8 Å². The third-order valence-corrected chi connectivity index (χ3v) is 5.52. The maximum atomic E-state index is 13.5. The second-order valence-electron chi connectivity index (χ2n) is 5.55. The molecule has 0 N–H and O–H groups in total. The molecule has 0 aromatic heterocycles. The van der Waals surface area contributed by atoms with Crippen molar-refractivity contribution in [2.24, 2.45) is 0 Å². The lowest BCUT2D eigenvalue weighted by Gasteiger charge is -2.24. The maximum absolute atomic E-state index is 13.5. The van der Waals surface area contributed by atoms with Crippen molar-refractivity contribution in [3.05, 3.63) is 56.8 Å². The predicted octanol–water partition coefficient (Wildman–Crippen LogP) is 3.89. The number of hydrogen-bond donors (Lipinski definition) is 0. The summed E-state index contributed by atoms with van der Waals surface area (Å²) in [4.78, 5) is 24.8. The highest BCUT2D eigenvalue weighted by molar-refractivity contribution is 8.00. The zero-order valence-corrected chi connectivity index (χ0v) is 14.6. The molecule has 0 spiro atoms. The molecule has 7 nitrogen and oxygen atoms in total. The van der Waals surface area contributed by atoms with E-state index in [4.69, 9.17) is 21.1 Å². The second-order valence-corrected chi connectivity index (χ2v) is 7.02. The van der Waals surface area contributed by atoms with Gasteiger partial charge in [0.2, 0.25) is 12.7 Å². The van der Waals surface area contributed by atoms with Gasteiger partial charge in [0.15, 0.2) is 11.5 Å². The van der Waals surface area contributed by atoms with Crippen LogP contribution in [0, 0.1) is 15.9 Å². The van der Waals surface area contributed by atoms with Crippen molar-refractivity contribution in [2.75, 3.05) is 17.4 Å². The normalized spacial score (nSPS) is 18.5. The molecule has 2 aromatic carbocycles. The Bertz CT molecular complexity index is 941. The zero-order valence-electron chi connectivity index (χ0n) is 13.0. The average molecular weight is 397 g/mol. The molecule has 1 fully saturated rings. The number of nitro groups is 1. The van der Waals surface area contributed by atoms with Crippen molar-refractivity contribution >= 4 is 40.6 Å². The molecule has 2 aliphatic rings. The molecule has 4 rings (SSSR count). The van der Waals surface area contributed by atoms with Gasteiger partial charge in [0, 0.05) is 5.69 Å². The summed E-state index contributed by atoms with van der Waals surface area (Å²) in [5.41, 5.74) is 0.485. The Labute approximate surface area is 155 Å². The third kappa shape index (κ3) is 2.73. The van der Waals surface area contributed by atoms with E-state index in [1.165, 1.54) is 40.9 Å². The molecule has 0 saturated carbocycles. The van der Waals surface area contributed by atoms with Crippen LogP contribution in [0.2, 0.25) is 5.02 Å². The van der Waals surface area contributed by atoms with E-state index in [1.54, 1.807) is 0 Å². The number of benzene rings is 2. The highest BCUT2D eigenvalue weighted by Crippen LogP contribution is 2.48. The highest BCUT2D eigenvalue weighted by Gasteiger charge is 2.39. The van der Waals surface area contributed by atoms with Crippen LogP contribution in [-0.2, 0) is 4.79 Å². The minimum atomic E-state index is -0.668. The van der Waals surface area contributed by atoms with Crippen LogP contribution in [0.5, 0.6) is 11.5 Å². The molecule has 1 atom stereocenters. The van der Waals surface area contributed by atoms with E-state index >= 15 is 0 Å². The Morgan fingerprint density at radius 2 is 2.00 bits per heavy atom. The smallest absolute Gasteiger partial charge is 0.279 e. The van der Waals surface area contributed by atoms with Crippen LogP contribution < -0.4 is 14.4 Å². The number of hydrogen-bond acceptors (Lipinski definition) is 6. The SMILES string of the molecule is O=C1CS[C@@H](c2cc3c(cc2[N+](=O)[O-])OCO3)N1c1ccc(F)c(Cl)c1. The number of nitro benzene ring substituents is 1. The van der Waals surface area contributed by atoms with Crippen LogP contribution in [0.15, 0.2) is 30.3 Å². The molecular weight excluding hydrogens is 387 g/mol. The molecule has 1 amide bonds. The van der Waals surface area contributed by atoms with Crippen molar-refractivity contribution in [2.45, 2.75) is 5.37 Å². The van der Waals surface area contributed by atoms with E-state index in [0.29, 0.717) is 17.0 Å². The third-order valence-electron chi connectivity index (χ3n) is 4.03. The van der Waals surface area contributed by atoms with E-state index in [0.717, 1.165) is 6.07 Å². The summed E-state index contributed by atoms with van der Waals surface area (Å²) in [5, 5.41) is 10.7. The van der Waals surface area contributed by atoms with Gasteiger partial charge in [0.1, 0.15) is 11.2 Å². The van der Waals surface area contributed by atoms with Crippen molar-refractivity contribution in [1.82, 2.24) is 0 Å². The van der Waals surface area contributed by atoms with Gasteiger partial charge >= 0.3 is 0 Å². The molecular formula is C16H10ClFN2O5S. The first kappa shape index (κ1) is 16.9. The Morgan fingerprint density at radius 3 is 2.69 bits per heavy atom. The molecule has 2 aromatic rings. The molecule has 2 heterocycles. The minimum absolute atomic E-state index is 0.0238. The average Bonchev–Trinajstić information content (AvgIpc) is 3.22. The summed E-state index contributed by atoms with van der Waals surface area (Å²) in [7, 11) is 0. The monoisotopic (exact) mass is 396 g/mol. The molecule has 2 aliphatic heterocycles. The number of halogens is 2. The molecule has 134 valence electrons. The Kier molecular flexibility index (Phi) is 4.12. The second kappa shape index (κ2) is 6.33. The number of carbonyl (C=O) groups excluding carboxylic acids is 1. The Balaban J connectivity index is 1.82. The van der Waals surface area contributed by atoms with Crippen LogP contribution in [-0.4, -0.2) is 23.4 Å². The standard InChI is InChI=1S/C16H10ClFN2O5S/c17-10-3-8(1-2-11(10)18)19-15(21)6-26-16(19)9-4-13-14(25-7-24-13)5-12(9)20(22)23/h1-5,16H,6-7H2/t16-/m0/s1. The van der Waals surface area contributed by atoms with Gasteiger partial charge in [-0.25, -0.2) is 4.39 Å². The molecule has 1 saturated heterocycles. The Morgan fingerprint density at radius 1 is 1.27 bits per heavy atom. The number of anilines is 1. The van der Waals surface area contributed by atoms with Crippen LogP contribution in [0.3, 0.4) is 0 Å². The molecule has 0 aliphatic carbocycles. The molecule has 0 radical (unpaired) electrons. The summed E-state index contributed by atoms with van der Waals surface area (Å²) in [6, 6.07) is 6.69. The number of rotatable bonds is 3. The van der Waals surface area contributed by atoms with Crippen molar-refractivity contribution in [1.29, 1.82) is 0 Å². The van der Waals surface area contributed by atoms with E-state index in [1.807, 2.05) is 0 Å². The van der Waals surface area contributed by atoms with Gasteiger partial charge in [-0.1, -0.05) is 11.6 Å². The fourth-order valence-electron chi connectivity index (χ4n) is 2.87. The van der Waals surface area contributed by atoms with Crippen molar-refractivity contribution in [3.63, 3.8) is 0 Å². The zero-order chi connectivity index (χ0) is 18.4. The van der Waals surface area contributed by atoms with E-state index in [-0.39, 0.29) is 34.9 Å². The van der Waals surface area contributed by atoms with Crippen LogP contribution in [0.4, 0.5) is 15.8 Å². The first-order chi connectivity index (χ1) is 12.5. The number of carbonyl (C=O) groups is 1. The lowest BCUT2D eigenvalue weighted by Crippen LogP contribution is -2.28. The van der Waals surface area contributed by atoms with Gasteiger partial charge in [-0.2, -0.15) is 0 Å². The molecule has 26 heavy (non-hydrogen) atoms. The van der Waals surface area contributed by atoms with Crippen molar-refractivity contribution < 1.29 is 23.6 Å². The summed E-state index contributed by atoms with van der Waals surface area (Å²) >= 11 is 7.06. The van der Waals surface area contributed by atoms with Gasteiger partial charge in [0.25, 0.3) is 5.69 Å². The number of nitrogens with zero attached hydrogens (tertiary/aromatic N) is 2. The van der Waals surface area contributed by atoms with E-state index in [9.17, 15) is 19.3 Å². The topological polar surface area (TPSA) is 81.9 Å². The first-order valence-electron chi connectivity index (χ1n) is 7.42. The summed E-state index contributed by atoms with van der Waals surface area (Å²) in [6.07, 6.45) is 0. The first-order valence-corrected chi connectivity index (χ1v) is 8.85. The quantitative estimate of drug-likeness (QED) is 0.578. The minimum Gasteiger partial charge on any atom is -0.454 e. The van der Waals surface area contributed by atoms with Crippen LogP contribution in [0.25, 0.3) is 0 Å². The van der Waals surface area contributed by atoms with Crippen LogP contribution >= 0.6 is 23.4 Å². The van der Waals surface area contributed by atoms with Gasteiger partial charge in [-0.15, -0.1) is 11.8 Å². The summed E-state index contributed by atoms with van der Waals surface area (Å²) < 4.78 is 24.0. The van der Waals surface area contributed by atoms with Gasteiger partial charge in [-0.05, 0) is 24.3 Å². The molecule has 10 heteroatoms. The summed E-state index contributed by atoms with van der Waals surface area (Å²) in [6.45, 7) is -0.0238. The lowest BCUT2D eigenvalue weighted by atomic mass is 10.1. The lowest BCUT2D eigenvalue weighted by molar-refractivity contribution is -0.385. The van der Waals surface area contributed by atoms with Gasteiger partial charge < -0.3 is 9.47 Å². The van der Waals surface area contributed by atoms with E-state index in [2.05, 4.69) is 0 Å². The number of amides is 1. The largest absolute Gasteiger partial charge is 0.454 e. The molecule has 0 unspecified atom stereocenters. The maximum Gasteiger partial charge on any atom is 0.279 e. The number of ether oxygens (including phenoxy) is 2.